The molecule has 8 rings (SSSR count). The van der Waals surface area contributed by atoms with Crippen molar-refractivity contribution < 1.29 is 41.8 Å². The fourth-order valence-corrected chi connectivity index (χ4v) is 11.4. The van der Waals surface area contributed by atoms with Crippen molar-refractivity contribution in [3.8, 4) is 22.6 Å². The van der Waals surface area contributed by atoms with Crippen molar-refractivity contribution in [1.82, 2.24) is 15.3 Å². The van der Waals surface area contributed by atoms with Gasteiger partial charge >= 0.3 is 18.1 Å². The second-order valence-corrected chi connectivity index (χ2v) is 19.6. The van der Waals surface area contributed by atoms with E-state index in [1.807, 2.05) is 54.7 Å². The predicted octanol–water partition coefficient (Wildman–Crippen LogP) is 11.4. The van der Waals surface area contributed by atoms with Gasteiger partial charge in [-0.3, -0.25) is 24.5 Å². The molecule has 3 atom stereocenters. The molecule has 14 heteroatoms. The molecule has 0 saturated heterocycles. The number of hydrogen-bond acceptors (Lipinski definition) is 8. The maximum absolute atomic E-state index is 14.6. The van der Waals surface area contributed by atoms with E-state index in [4.69, 9.17) is 25.8 Å². The molecule has 1 N–H and O–H groups in total. The summed E-state index contributed by atoms with van der Waals surface area (Å²) < 4.78 is 61.8. The monoisotopic (exact) mass is 964 g/mol. The molecular weight excluding hydrogens is 905 g/mol. The van der Waals surface area contributed by atoms with Crippen LogP contribution in [0.3, 0.4) is 0 Å². The molecule has 2 heterocycles. The number of halogens is 4. The molecule has 0 unspecified atom stereocenters. The number of aryl methyl sites for hydroxylation is 1. The van der Waals surface area contributed by atoms with Crippen molar-refractivity contribution >= 4 is 35.1 Å². The lowest BCUT2D eigenvalue weighted by Gasteiger charge is -2.51. The topological polar surface area (TPSA) is 120 Å². The Morgan fingerprint density at radius 2 is 1.72 bits per heavy atom. The van der Waals surface area contributed by atoms with Crippen LogP contribution in [-0.4, -0.2) is 66.3 Å². The van der Waals surface area contributed by atoms with E-state index < -0.39 is 29.0 Å². The lowest BCUT2D eigenvalue weighted by Crippen LogP contribution is -2.63. The van der Waals surface area contributed by atoms with Crippen LogP contribution < -0.4 is 19.7 Å². The Labute approximate surface area is 407 Å². The van der Waals surface area contributed by atoms with Gasteiger partial charge in [-0.2, -0.15) is 13.2 Å². The minimum Gasteiger partial charge on any atom is -0.494 e. The van der Waals surface area contributed by atoms with E-state index in [0.717, 1.165) is 78.5 Å². The van der Waals surface area contributed by atoms with E-state index in [1.165, 1.54) is 29.8 Å². The zero-order valence-electron chi connectivity index (χ0n) is 39.5. The molecule has 0 bridgehead atoms. The normalized spacial score (nSPS) is 21.1. The number of carbonyl (C=O) groups is 3. The number of amides is 2. The third-order valence-corrected chi connectivity index (χ3v) is 14.8. The van der Waals surface area contributed by atoms with Gasteiger partial charge in [0, 0.05) is 47.1 Å². The van der Waals surface area contributed by atoms with Gasteiger partial charge in [0.25, 0.3) is 0 Å². The number of rotatable bonds is 17. The number of fused-ring (bicyclic) bond motifs is 3. The minimum absolute atomic E-state index is 0.0432. The molecule has 1 fully saturated rings. The highest BCUT2D eigenvalue weighted by Crippen LogP contribution is 2.58. The van der Waals surface area contributed by atoms with Crippen LogP contribution in [0.25, 0.3) is 11.1 Å². The van der Waals surface area contributed by atoms with Gasteiger partial charge in [0.05, 0.1) is 26.7 Å². The van der Waals surface area contributed by atoms with Gasteiger partial charge in [0.2, 0.25) is 5.91 Å². The van der Waals surface area contributed by atoms with E-state index >= 15 is 0 Å². The average Bonchev–Trinajstić information content (AvgIpc) is 3.63. The minimum atomic E-state index is -5.28. The van der Waals surface area contributed by atoms with Crippen molar-refractivity contribution in [2.24, 2.45) is 11.8 Å². The van der Waals surface area contributed by atoms with Gasteiger partial charge in [-0.05, 0) is 164 Å². The Kier molecular flexibility index (Phi) is 15.3. The number of benzene rings is 3. The summed E-state index contributed by atoms with van der Waals surface area (Å²) in [5, 5.41) is 3.15. The molecule has 0 aliphatic heterocycles. The second kappa shape index (κ2) is 21.4. The Balaban J connectivity index is 0.979. The number of ether oxygens (including phenoxy) is 3. The number of unbranched alkanes of at least 4 members (excludes halogenated alkanes) is 1. The van der Waals surface area contributed by atoms with Crippen LogP contribution in [0, 0.1) is 11.8 Å². The first-order valence-corrected chi connectivity index (χ1v) is 24.5. The standard InChI is InChI=1S/C55H60ClF3N4O6/c1-36(35-69-48-19-26-61-47-16-6-10-37(2)50(47)48)28-42-31-40-17-18-45(68-27-5-4-25-62-49(64)30-38-11-7-12-39(29-38)41-13-9-24-60-34-41)33-46(40)53(42)20-22-54(23-21-53,52(66)67-3)63(51(65)55(57,58)59)44-15-8-14-43(56)32-44/h7-9,11-15,17-19,24,26,29,32-34,36-37,42H,4-6,10,16,20-23,25,27-28,30-31,35H2,1-3H3,(H,62,64)/t36-,37-,42+,53?,54?/m1/s1. The molecular formula is C55H60ClF3N4O6. The Hall–Kier alpha value is -5.95. The lowest BCUT2D eigenvalue weighted by atomic mass is 9.59. The highest BCUT2D eigenvalue weighted by Gasteiger charge is 2.60. The Morgan fingerprint density at radius 3 is 2.48 bits per heavy atom. The summed E-state index contributed by atoms with van der Waals surface area (Å²) in [4.78, 5) is 49.8. The number of carbonyl (C=O) groups excluding carboxylic acids is 3. The maximum atomic E-state index is 14.6. The first-order valence-electron chi connectivity index (χ1n) is 24.1. The summed E-state index contributed by atoms with van der Waals surface area (Å²) in [5.41, 5.74) is 4.70. The molecule has 3 aliphatic rings. The van der Waals surface area contributed by atoms with Crippen LogP contribution in [0.2, 0.25) is 5.02 Å². The average molecular weight is 966 g/mol. The van der Waals surface area contributed by atoms with E-state index in [9.17, 15) is 27.6 Å². The maximum Gasteiger partial charge on any atom is 0.471 e. The third-order valence-electron chi connectivity index (χ3n) is 14.6. The van der Waals surface area contributed by atoms with Gasteiger partial charge in [-0.1, -0.05) is 67.9 Å². The summed E-state index contributed by atoms with van der Waals surface area (Å²) in [6.07, 6.45) is 6.75. The molecule has 10 nitrogen and oxygen atoms in total. The van der Waals surface area contributed by atoms with Crippen molar-refractivity contribution in [3.63, 3.8) is 0 Å². The second-order valence-electron chi connectivity index (χ2n) is 19.2. The summed E-state index contributed by atoms with van der Waals surface area (Å²) >= 11 is 6.29. The van der Waals surface area contributed by atoms with Gasteiger partial charge in [0.15, 0.2) is 0 Å². The molecule has 2 amide bonds. The lowest BCUT2D eigenvalue weighted by molar-refractivity contribution is -0.174. The molecule has 0 radical (unpaired) electrons. The largest absolute Gasteiger partial charge is 0.494 e. The number of methoxy groups -OCH3 is 1. The summed E-state index contributed by atoms with van der Waals surface area (Å²) in [6, 6.07) is 25.4. The molecule has 364 valence electrons. The van der Waals surface area contributed by atoms with Crippen LogP contribution in [0.4, 0.5) is 18.9 Å². The van der Waals surface area contributed by atoms with Crippen LogP contribution in [0.15, 0.2) is 104 Å². The molecule has 3 aliphatic carbocycles. The molecule has 69 heavy (non-hydrogen) atoms. The van der Waals surface area contributed by atoms with Gasteiger partial charge in [-0.25, -0.2) is 4.79 Å². The molecule has 2 aromatic heterocycles. The number of aromatic nitrogens is 2. The predicted molar refractivity (Wildman–Crippen MR) is 260 cm³/mol. The quantitative estimate of drug-likeness (QED) is 0.0723. The highest BCUT2D eigenvalue weighted by molar-refractivity contribution is 6.31. The van der Waals surface area contributed by atoms with Crippen molar-refractivity contribution in [2.75, 3.05) is 31.8 Å². The van der Waals surface area contributed by atoms with Crippen LogP contribution >= 0.6 is 11.6 Å². The van der Waals surface area contributed by atoms with Gasteiger partial charge in [-0.15, -0.1) is 0 Å². The first kappa shape index (κ1) is 49.5. The van der Waals surface area contributed by atoms with E-state index in [-0.39, 0.29) is 47.7 Å². The summed E-state index contributed by atoms with van der Waals surface area (Å²) in [7, 11) is 1.14. The first-order chi connectivity index (χ1) is 33.2. The molecule has 1 saturated carbocycles. The van der Waals surface area contributed by atoms with Gasteiger partial charge < -0.3 is 19.5 Å². The van der Waals surface area contributed by atoms with E-state index in [1.54, 1.807) is 12.4 Å². The fourth-order valence-electron chi connectivity index (χ4n) is 11.2. The number of nitrogens with zero attached hydrogens (tertiary/aromatic N) is 3. The molecule has 3 aromatic carbocycles. The van der Waals surface area contributed by atoms with Crippen molar-refractivity contribution in [3.05, 3.63) is 136 Å². The van der Waals surface area contributed by atoms with Crippen molar-refractivity contribution in [2.45, 2.75) is 114 Å². The number of alkyl halides is 3. The number of anilines is 1. The SMILES string of the molecule is COC(=O)C1(N(C(=O)C(F)(F)F)c2cccc(Cl)c2)CCC2(CC1)c1cc(OCCCCNC(=O)Cc3cccc(-c4cccnc4)c3)ccc1C[C@@H]2C[C@@H](C)COc1ccnc2c1[C@H](C)CCC2. The number of hydrogen-bond donors (Lipinski definition) is 1. The third kappa shape index (κ3) is 10.9. The molecule has 5 aromatic rings. The zero-order chi connectivity index (χ0) is 48.8. The summed E-state index contributed by atoms with van der Waals surface area (Å²) in [6.45, 7) is 5.75. The number of esters is 1. The smallest absolute Gasteiger partial charge is 0.471 e. The zero-order valence-corrected chi connectivity index (χ0v) is 40.2. The van der Waals surface area contributed by atoms with Crippen molar-refractivity contribution in [1.29, 1.82) is 0 Å². The van der Waals surface area contributed by atoms with Crippen LogP contribution in [0.1, 0.15) is 106 Å². The van der Waals surface area contributed by atoms with Gasteiger partial charge in [0.1, 0.15) is 17.0 Å². The highest BCUT2D eigenvalue weighted by atomic mass is 35.5. The Morgan fingerprint density at radius 1 is 0.928 bits per heavy atom. The Bertz CT molecular complexity index is 2620. The van der Waals surface area contributed by atoms with Crippen LogP contribution in [0.5, 0.6) is 11.5 Å². The van der Waals surface area contributed by atoms with E-state index in [2.05, 4.69) is 41.3 Å². The molecule has 1 spiro atoms. The van der Waals surface area contributed by atoms with Crippen LogP contribution in [-0.2, 0) is 43.8 Å². The number of pyridine rings is 2. The van der Waals surface area contributed by atoms with E-state index in [0.29, 0.717) is 62.0 Å². The summed E-state index contributed by atoms with van der Waals surface area (Å²) in [5.74, 6) is -1.11. The number of nitrogens with one attached hydrogen (secondary N) is 1. The fraction of sp³-hybridized carbons (Fsp3) is 0.436.